The van der Waals surface area contributed by atoms with Gasteiger partial charge in [0.1, 0.15) is 5.75 Å². The molecule has 1 saturated heterocycles. The monoisotopic (exact) mass is 207 g/mol. The normalized spacial score (nSPS) is 25.3. The smallest absolute Gasteiger partial charge is 0.308 e. The summed E-state index contributed by atoms with van der Waals surface area (Å²) in [5.41, 5.74) is 0.669. The summed E-state index contributed by atoms with van der Waals surface area (Å²) in [5, 5.41) is 21.8. The number of nitrogens with one attached hydrogen (secondary N) is 1. The summed E-state index contributed by atoms with van der Waals surface area (Å²) in [7, 11) is 0. The first-order valence-electron chi connectivity index (χ1n) is 4.94. The van der Waals surface area contributed by atoms with Crippen LogP contribution < -0.4 is 5.32 Å². The molecule has 1 fully saturated rings. The molecule has 0 aromatic heterocycles. The molecule has 2 rings (SSSR count). The lowest BCUT2D eigenvalue weighted by Crippen LogP contribution is -2.23. The Bertz CT molecular complexity index is 378. The first-order chi connectivity index (χ1) is 7.20. The van der Waals surface area contributed by atoms with Crippen molar-refractivity contribution in [2.45, 2.75) is 12.5 Å². The number of rotatable bonds is 2. The highest BCUT2D eigenvalue weighted by molar-refractivity contribution is 5.72. The van der Waals surface area contributed by atoms with Crippen LogP contribution in [0.15, 0.2) is 24.3 Å². The third-order valence-corrected chi connectivity index (χ3v) is 2.81. The Hall–Kier alpha value is -1.55. The van der Waals surface area contributed by atoms with Gasteiger partial charge in [0.2, 0.25) is 0 Å². The molecule has 0 saturated carbocycles. The maximum absolute atomic E-state index is 11.0. The molecule has 4 nitrogen and oxygen atoms in total. The number of hydrogen-bond donors (Lipinski definition) is 3. The minimum absolute atomic E-state index is 0.156. The number of benzene rings is 1. The van der Waals surface area contributed by atoms with Crippen LogP contribution in [0, 0.1) is 5.92 Å². The highest BCUT2D eigenvalue weighted by Crippen LogP contribution is 2.34. The summed E-state index contributed by atoms with van der Waals surface area (Å²) in [6, 6.07) is 6.59. The highest BCUT2D eigenvalue weighted by Gasteiger charge is 2.34. The number of carboxylic acids is 1. The fraction of sp³-hybridized carbons (Fsp3) is 0.364. The Morgan fingerprint density at radius 2 is 2.13 bits per heavy atom. The van der Waals surface area contributed by atoms with Gasteiger partial charge in [-0.2, -0.15) is 0 Å². The zero-order valence-corrected chi connectivity index (χ0v) is 8.18. The molecular weight excluding hydrogens is 194 g/mol. The van der Waals surface area contributed by atoms with Crippen molar-refractivity contribution in [1.82, 2.24) is 5.32 Å². The second-order valence-electron chi connectivity index (χ2n) is 3.72. The zero-order chi connectivity index (χ0) is 10.8. The van der Waals surface area contributed by atoms with Gasteiger partial charge in [0.05, 0.1) is 5.92 Å². The molecule has 1 aromatic carbocycles. The summed E-state index contributed by atoms with van der Waals surface area (Å²) in [6.45, 7) is 0.677. The molecule has 3 N–H and O–H groups in total. The molecule has 1 heterocycles. The van der Waals surface area contributed by atoms with E-state index in [0.717, 1.165) is 0 Å². The van der Waals surface area contributed by atoms with Crippen molar-refractivity contribution in [2.24, 2.45) is 5.92 Å². The number of aromatic hydroxyl groups is 1. The molecule has 0 amide bonds. The van der Waals surface area contributed by atoms with Gasteiger partial charge in [0.25, 0.3) is 0 Å². The number of phenols is 1. The average molecular weight is 207 g/mol. The lowest BCUT2D eigenvalue weighted by molar-refractivity contribution is -0.142. The van der Waals surface area contributed by atoms with Crippen molar-refractivity contribution in [3.63, 3.8) is 0 Å². The van der Waals surface area contributed by atoms with Gasteiger partial charge in [-0.1, -0.05) is 18.2 Å². The Morgan fingerprint density at radius 1 is 1.40 bits per heavy atom. The van der Waals surface area contributed by atoms with Crippen LogP contribution in [0.5, 0.6) is 5.75 Å². The summed E-state index contributed by atoms with van der Waals surface area (Å²) in [5.74, 6) is -1.10. The molecule has 1 aliphatic rings. The summed E-state index contributed by atoms with van der Waals surface area (Å²) in [6.07, 6.45) is 0.605. The minimum atomic E-state index is -0.812. The second-order valence-corrected chi connectivity index (χ2v) is 3.72. The quantitative estimate of drug-likeness (QED) is 0.680. The van der Waals surface area contributed by atoms with Crippen LogP contribution in [0.3, 0.4) is 0 Å². The van der Waals surface area contributed by atoms with Gasteiger partial charge in [-0.05, 0) is 19.0 Å². The van der Waals surface area contributed by atoms with E-state index in [2.05, 4.69) is 5.32 Å². The van der Waals surface area contributed by atoms with Crippen LogP contribution in [0.2, 0.25) is 0 Å². The number of carboxylic acid groups (broad SMARTS) is 1. The molecule has 4 heteroatoms. The van der Waals surface area contributed by atoms with E-state index in [4.69, 9.17) is 5.11 Å². The SMILES string of the molecule is O=C(O)[C@@H]1CCN[C@H]1c1ccccc1O. The predicted octanol–water partition coefficient (Wildman–Crippen LogP) is 1.13. The van der Waals surface area contributed by atoms with Crippen LogP contribution in [0.1, 0.15) is 18.0 Å². The first kappa shape index (κ1) is 9.98. The van der Waals surface area contributed by atoms with Crippen LogP contribution in [0.25, 0.3) is 0 Å². The molecule has 2 atom stereocenters. The van der Waals surface area contributed by atoms with E-state index in [-0.39, 0.29) is 11.8 Å². The van der Waals surface area contributed by atoms with Crippen LogP contribution in [-0.2, 0) is 4.79 Å². The van der Waals surface area contributed by atoms with E-state index in [1.54, 1.807) is 24.3 Å². The lowest BCUT2D eigenvalue weighted by atomic mass is 9.94. The van der Waals surface area contributed by atoms with E-state index < -0.39 is 11.9 Å². The standard InChI is InChI=1S/C11H13NO3/c13-9-4-2-1-3-7(9)10-8(11(14)15)5-6-12-10/h1-4,8,10,12-13H,5-6H2,(H,14,15)/t8-,10+/m1/s1. The molecule has 1 aromatic rings. The molecule has 0 unspecified atom stereocenters. The van der Waals surface area contributed by atoms with E-state index in [0.29, 0.717) is 18.5 Å². The van der Waals surface area contributed by atoms with Crippen molar-refractivity contribution in [1.29, 1.82) is 0 Å². The number of hydrogen-bond acceptors (Lipinski definition) is 3. The van der Waals surface area contributed by atoms with E-state index in [1.165, 1.54) is 0 Å². The Kier molecular flexibility index (Phi) is 2.60. The fourth-order valence-corrected chi connectivity index (χ4v) is 2.05. The second kappa shape index (κ2) is 3.90. The maximum Gasteiger partial charge on any atom is 0.308 e. The number of para-hydroxylation sites is 1. The Balaban J connectivity index is 2.30. The highest BCUT2D eigenvalue weighted by atomic mass is 16.4. The summed E-state index contributed by atoms with van der Waals surface area (Å²) in [4.78, 5) is 11.0. The van der Waals surface area contributed by atoms with E-state index in [9.17, 15) is 9.90 Å². The molecule has 15 heavy (non-hydrogen) atoms. The van der Waals surface area contributed by atoms with Gasteiger partial charge in [-0.3, -0.25) is 4.79 Å². The van der Waals surface area contributed by atoms with E-state index >= 15 is 0 Å². The van der Waals surface area contributed by atoms with Gasteiger partial charge in [-0.15, -0.1) is 0 Å². The lowest BCUT2D eigenvalue weighted by Gasteiger charge is -2.17. The van der Waals surface area contributed by atoms with Crippen molar-refractivity contribution >= 4 is 5.97 Å². The van der Waals surface area contributed by atoms with Crippen molar-refractivity contribution in [3.05, 3.63) is 29.8 Å². The number of phenolic OH excluding ortho intramolecular Hbond substituents is 1. The topological polar surface area (TPSA) is 69.6 Å². The fourth-order valence-electron chi connectivity index (χ4n) is 2.05. The third kappa shape index (κ3) is 1.80. The molecule has 0 radical (unpaired) electrons. The van der Waals surface area contributed by atoms with Gasteiger partial charge in [-0.25, -0.2) is 0 Å². The van der Waals surface area contributed by atoms with Crippen LogP contribution in [0.4, 0.5) is 0 Å². The van der Waals surface area contributed by atoms with Gasteiger partial charge >= 0.3 is 5.97 Å². The van der Waals surface area contributed by atoms with Gasteiger partial charge in [0.15, 0.2) is 0 Å². The van der Waals surface area contributed by atoms with Crippen LogP contribution in [-0.4, -0.2) is 22.7 Å². The minimum Gasteiger partial charge on any atom is -0.508 e. The molecule has 1 aliphatic heterocycles. The van der Waals surface area contributed by atoms with Crippen molar-refractivity contribution in [3.8, 4) is 5.75 Å². The molecular formula is C11H13NO3. The number of carbonyl (C=O) groups is 1. The Labute approximate surface area is 87.6 Å². The van der Waals surface area contributed by atoms with Crippen molar-refractivity contribution < 1.29 is 15.0 Å². The summed E-state index contributed by atoms with van der Waals surface area (Å²) < 4.78 is 0. The largest absolute Gasteiger partial charge is 0.508 e. The third-order valence-electron chi connectivity index (χ3n) is 2.81. The molecule has 0 bridgehead atoms. The molecule has 0 spiro atoms. The maximum atomic E-state index is 11.0. The van der Waals surface area contributed by atoms with Gasteiger partial charge in [0, 0.05) is 11.6 Å². The van der Waals surface area contributed by atoms with Crippen LogP contribution >= 0.6 is 0 Å². The molecule has 80 valence electrons. The average Bonchev–Trinajstić information content (AvgIpc) is 2.67. The molecule has 0 aliphatic carbocycles. The van der Waals surface area contributed by atoms with Gasteiger partial charge < -0.3 is 15.5 Å². The zero-order valence-electron chi connectivity index (χ0n) is 8.18. The Morgan fingerprint density at radius 3 is 2.80 bits per heavy atom. The van der Waals surface area contributed by atoms with E-state index in [1.807, 2.05) is 0 Å². The van der Waals surface area contributed by atoms with Crippen molar-refractivity contribution in [2.75, 3.05) is 6.54 Å². The first-order valence-corrected chi connectivity index (χ1v) is 4.94. The number of aliphatic carboxylic acids is 1. The predicted molar refractivity (Wildman–Crippen MR) is 54.6 cm³/mol. The summed E-state index contributed by atoms with van der Waals surface area (Å²) >= 11 is 0.